The van der Waals surface area contributed by atoms with Crippen molar-refractivity contribution in [3.05, 3.63) is 52.0 Å². The van der Waals surface area contributed by atoms with Crippen LogP contribution < -0.4 is 5.73 Å². The number of ether oxygens (including phenoxy) is 1. The quantitative estimate of drug-likeness (QED) is 0.205. The molecule has 11 nitrogen and oxygen atoms in total. The number of likely N-dealkylation sites (N-methyl/N-ethyl adjacent to an activating group) is 1. The number of carbonyl (C=O) groups is 4. The Morgan fingerprint density at radius 1 is 1.05 bits per heavy atom. The predicted molar refractivity (Wildman–Crippen MR) is 145 cm³/mol. The molecule has 6 N–H and O–H groups in total. The number of esters is 1. The van der Waals surface area contributed by atoms with Crippen molar-refractivity contribution in [3.63, 3.8) is 0 Å². The minimum atomic E-state index is -2.94. The van der Waals surface area contributed by atoms with Crippen LogP contribution in [-0.4, -0.2) is 80.6 Å². The average molecular weight is 569 g/mol. The SMILES string of the molecule is C[C@@H]1c2cccc(O)c2C(=O)C2=C(O)[C@]3(O)C(=O)C(C(N)=O)=C(O)[C@H](N(C)C)[C@@H]3[C@H](OC(=O)C3CCCCCC3)[C@@H]21. The van der Waals surface area contributed by atoms with Gasteiger partial charge in [0.25, 0.3) is 5.91 Å². The largest absolute Gasteiger partial charge is 0.510 e. The van der Waals surface area contributed by atoms with Gasteiger partial charge in [-0.1, -0.05) is 44.7 Å². The Kier molecular flexibility index (Phi) is 7.23. The fourth-order valence-electron chi connectivity index (χ4n) is 7.44. The van der Waals surface area contributed by atoms with Crippen LogP contribution in [0.1, 0.15) is 67.3 Å². The second-order valence-corrected chi connectivity index (χ2v) is 11.9. The fourth-order valence-corrected chi connectivity index (χ4v) is 7.44. The van der Waals surface area contributed by atoms with Crippen molar-refractivity contribution in [3.8, 4) is 5.75 Å². The van der Waals surface area contributed by atoms with Gasteiger partial charge in [0.15, 0.2) is 11.4 Å². The van der Waals surface area contributed by atoms with Crippen molar-refractivity contribution in [1.29, 1.82) is 0 Å². The van der Waals surface area contributed by atoms with Gasteiger partial charge in [-0.2, -0.15) is 0 Å². The number of Topliss-reactive ketones (excluding diaryl/α,β-unsaturated/α-hetero) is 2. The van der Waals surface area contributed by atoms with Crippen molar-refractivity contribution >= 4 is 23.4 Å². The Balaban J connectivity index is 1.77. The fraction of sp³-hybridized carbons (Fsp3) is 0.533. The lowest BCUT2D eigenvalue weighted by Crippen LogP contribution is -2.69. The second kappa shape index (κ2) is 10.3. The maximum atomic E-state index is 13.9. The zero-order valence-corrected chi connectivity index (χ0v) is 23.3. The van der Waals surface area contributed by atoms with Crippen molar-refractivity contribution in [2.75, 3.05) is 14.1 Å². The Morgan fingerprint density at radius 3 is 2.27 bits per heavy atom. The first-order chi connectivity index (χ1) is 19.3. The first kappa shape index (κ1) is 28.8. The molecule has 1 saturated carbocycles. The number of aromatic hydroxyl groups is 1. The van der Waals surface area contributed by atoms with Crippen molar-refractivity contribution < 1.29 is 44.3 Å². The number of benzene rings is 1. The number of fused-ring (bicyclic) bond motifs is 3. The summed E-state index contributed by atoms with van der Waals surface area (Å²) >= 11 is 0. The summed E-state index contributed by atoms with van der Waals surface area (Å²) in [6, 6.07) is 3.22. The van der Waals surface area contributed by atoms with Gasteiger partial charge in [-0.05, 0) is 44.5 Å². The molecule has 1 amide bonds. The van der Waals surface area contributed by atoms with Crippen LogP contribution in [0.15, 0.2) is 40.9 Å². The third-order valence-electron chi connectivity index (χ3n) is 9.41. The van der Waals surface area contributed by atoms with Gasteiger partial charge in [0, 0.05) is 11.5 Å². The third-order valence-corrected chi connectivity index (χ3v) is 9.41. The molecule has 4 aliphatic rings. The monoisotopic (exact) mass is 568 g/mol. The highest BCUT2D eigenvalue weighted by atomic mass is 16.5. The summed E-state index contributed by atoms with van der Waals surface area (Å²) in [5.74, 6) is -9.84. The van der Waals surface area contributed by atoms with E-state index in [2.05, 4.69) is 0 Å². The van der Waals surface area contributed by atoms with Crippen LogP contribution in [0.2, 0.25) is 0 Å². The van der Waals surface area contributed by atoms with E-state index in [0.717, 1.165) is 25.7 Å². The zero-order chi connectivity index (χ0) is 30.0. The molecule has 6 atom stereocenters. The third kappa shape index (κ3) is 4.16. The number of hydrogen-bond donors (Lipinski definition) is 5. The van der Waals surface area contributed by atoms with Gasteiger partial charge >= 0.3 is 5.97 Å². The normalized spacial score (nSPS) is 32.3. The van der Waals surface area contributed by atoms with E-state index in [9.17, 15) is 39.6 Å². The van der Waals surface area contributed by atoms with Gasteiger partial charge in [-0.25, -0.2) is 0 Å². The van der Waals surface area contributed by atoms with E-state index in [-0.39, 0.29) is 16.9 Å². The molecule has 11 heteroatoms. The van der Waals surface area contributed by atoms with E-state index in [0.29, 0.717) is 18.4 Å². The molecule has 0 radical (unpaired) electrons. The summed E-state index contributed by atoms with van der Waals surface area (Å²) in [5, 5.41) is 45.6. The average Bonchev–Trinajstić information content (AvgIpc) is 3.20. The summed E-state index contributed by atoms with van der Waals surface area (Å²) in [5.41, 5.74) is 1.53. The van der Waals surface area contributed by atoms with Crippen LogP contribution in [-0.2, 0) is 19.1 Å². The van der Waals surface area contributed by atoms with Crippen molar-refractivity contribution in [2.24, 2.45) is 23.5 Å². The first-order valence-corrected chi connectivity index (χ1v) is 14.0. The standard InChI is InChI=1S/C30H36N2O9/c1-13-15-11-8-12-16(33)18(15)23(34)19-17(13)25(41-29(39)14-9-6-4-5-7-10-14)21-22(32(2)3)24(35)20(28(31)38)27(37)30(21,40)26(19)36/h8,11-14,17,21-22,25,33,35-36,40H,4-7,9-10H2,1-3H3,(H2,31,38)/t13-,17-,21-,22-,25-,30+/m1/s1. The molecule has 4 aliphatic carbocycles. The summed E-state index contributed by atoms with van der Waals surface area (Å²) < 4.78 is 6.19. The lowest BCUT2D eigenvalue weighted by molar-refractivity contribution is -0.184. The molecule has 0 spiro atoms. The van der Waals surface area contributed by atoms with Crippen LogP contribution >= 0.6 is 0 Å². The zero-order valence-electron chi connectivity index (χ0n) is 23.3. The smallest absolute Gasteiger partial charge is 0.309 e. The van der Waals surface area contributed by atoms with Crippen molar-refractivity contribution in [1.82, 2.24) is 4.90 Å². The number of primary amides is 1. The molecule has 220 valence electrons. The number of phenols is 1. The van der Waals surface area contributed by atoms with Crippen LogP contribution in [0.5, 0.6) is 5.75 Å². The maximum Gasteiger partial charge on any atom is 0.309 e. The molecular weight excluding hydrogens is 532 g/mol. The van der Waals surface area contributed by atoms with Crippen LogP contribution in [0, 0.1) is 17.8 Å². The molecule has 0 unspecified atom stereocenters. The van der Waals surface area contributed by atoms with Gasteiger partial charge in [0.1, 0.15) is 28.9 Å². The van der Waals surface area contributed by atoms with E-state index in [1.54, 1.807) is 19.1 Å². The molecule has 0 aliphatic heterocycles. The Labute approximate surface area is 237 Å². The highest BCUT2D eigenvalue weighted by molar-refractivity contribution is 6.25. The van der Waals surface area contributed by atoms with Gasteiger partial charge in [0.05, 0.1) is 23.4 Å². The van der Waals surface area contributed by atoms with E-state index in [1.807, 2.05) is 0 Å². The Morgan fingerprint density at radius 2 is 1.68 bits per heavy atom. The minimum absolute atomic E-state index is 0.102. The number of ketones is 2. The Bertz CT molecular complexity index is 1390. The number of aliphatic hydroxyl groups excluding tert-OH is 2. The number of nitrogens with zero attached hydrogens (tertiary/aromatic N) is 1. The van der Waals surface area contributed by atoms with Gasteiger partial charge in [0.2, 0.25) is 5.78 Å². The highest BCUT2D eigenvalue weighted by Gasteiger charge is 2.68. The number of amides is 1. The summed E-state index contributed by atoms with van der Waals surface area (Å²) in [7, 11) is 3.05. The number of phenolic OH excluding ortho intramolecular Hbond substituents is 1. The van der Waals surface area contributed by atoms with Gasteiger partial charge in [-0.3, -0.25) is 24.1 Å². The van der Waals surface area contributed by atoms with Gasteiger partial charge in [-0.15, -0.1) is 0 Å². The van der Waals surface area contributed by atoms with Crippen LogP contribution in [0.4, 0.5) is 0 Å². The molecule has 5 rings (SSSR count). The van der Waals surface area contributed by atoms with E-state index < -0.39 is 82.0 Å². The van der Waals surface area contributed by atoms with Crippen LogP contribution in [0.25, 0.3) is 0 Å². The van der Waals surface area contributed by atoms with Gasteiger partial charge < -0.3 is 30.9 Å². The summed E-state index contributed by atoms with van der Waals surface area (Å²) in [6.45, 7) is 1.74. The first-order valence-electron chi connectivity index (χ1n) is 14.0. The lowest BCUT2D eigenvalue weighted by atomic mass is 9.55. The molecule has 0 aromatic heterocycles. The summed E-state index contributed by atoms with van der Waals surface area (Å²) in [6.07, 6.45) is 3.43. The molecule has 0 bridgehead atoms. The molecule has 1 aromatic carbocycles. The predicted octanol–water partition coefficient (Wildman–Crippen LogP) is 2.17. The van der Waals surface area contributed by atoms with E-state index in [1.165, 1.54) is 25.1 Å². The summed E-state index contributed by atoms with van der Waals surface area (Å²) in [4.78, 5) is 55.2. The van der Waals surface area contributed by atoms with Crippen LogP contribution in [0.3, 0.4) is 0 Å². The lowest BCUT2D eigenvalue weighted by Gasteiger charge is -2.54. The molecule has 0 heterocycles. The number of rotatable bonds is 4. The number of carbonyl (C=O) groups excluding carboxylic acids is 4. The van der Waals surface area contributed by atoms with E-state index in [4.69, 9.17) is 10.5 Å². The number of nitrogens with two attached hydrogens (primary N) is 1. The molecule has 0 saturated heterocycles. The molecular formula is C30H36N2O9. The number of hydrogen-bond acceptors (Lipinski definition) is 10. The second-order valence-electron chi connectivity index (χ2n) is 11.9. The minimum Gasteiger partial charge on any atom is -0.510 e. The van der Waals surface area contributed by atoms with Crippen molar-refractivity contribution in [2.45, 2.75) is 69.1 Å². The Hall–Kier alpha value is -3.70. The topological polar surface area (TPSA) is 188 Å². The highest BCUT2D eigenvalue weighted by Crippen LogP contribution is 2.56. The molecule has 41 heavy (non-hydrogen) atoms. The maximum absolute atomic E-state index is 13.9. The molecule has 1 fully saturated rings. The van der Waals surface area contributed by atoms with E-state index >= 15 is 0 Å². The molecule has 1 aromatic rings. The number of aliphatic hydroxyl groups is 3.